The summed E-state index contributed by atoms with van der Waals surface area (Å²) in [6.07, 6.45) is 3.12. The molecule has 3 rings (SSSR count). The molecule has 19 heavy (non-hydrogen) atoms. The van der Waals surface area contributed by atoms with Crippen molar-refractivity contribution in [1.82, 2.24) is 9.78 Å². The first kappa shape index (κ1) is 11.7. The van der Waals surface area contributed by atoms with Gasteiger partial charge in [0.15, 0.2) is 5.76 Å². The molecule has 94 valence electrons. The number of carbonyl (C=O) groups is 1. The zero-order chi connectivity index (χ0) is 13.2. The SMILES string of the molecule is O=C(c1ccc(-c2ccc(Cl)cc2)o1)n1cccn1. The second kappa shape index (κ2) is 4.74. The van der Waals surface area contributed by atoms with Crippen molar-refractivity contribution < 1.29 is 9.21 Å². The van der Waals surface area contributed by atoms with Crippen LogP contribution >= 0.6 is 11.6 Å². The molecule has 0 aliphatic carbocycles. The van der Waals surface area contributed by atoms with Crippen LogP contribution in [0.3, 0.4) is 0 Å². The van der Waals surface area contributed by atoms with E-state index in [4.69, 9.17) is 16.0 Å². The summed E-state index contributed by atoms with van der Waals surface area (Å²) in [5, 5.41) is 4.53. The molecule has 0 atom stereocenters. The van der Waals surface area contributed by atoms with Gasteiger partial charge in [-0.3, -0.25) is 4.79 Å². The van der Waals surface area contributed by atoms with Crippen molar-refractivity contribution in [3.8, 4) is 11.3 Å². The van der Waals surface area contributed by atoms with Crippen molar-refractivity contribution in [2.45, 2.75) is 0 Å². The molecule has 2 heterocycles. The van der Waals surface area contributed by atoms with E-state index in [2.05, 4.69) is 5.10 Å². The summed E-state index contributed by atoms with van der Waals surface area (Å²) in [5.74, 6) is 0.561. The van der Waals surface area contributed by atoms with Gasteiger partial charge in [0, 0.05) is 23.0 Å². The van der Waals surface area contributed by atoms with E-state index >= 15 is 0 Å². The molecule has 5 heteroatoms. The van der Waals surface area contributed by atoms with Gasteiger partial charge in [-0.2, -0.15) is 5.10 Å². The molecule has 0 spiro atoms. The van der Waals surface area contributed by atoms with Gasteiger partial charge in [0.05, 0.1) is 0 Å². The van der Waals surface area contributed by atoms with Crippen molar-refractivity contribution in [2.24, 2.45) is 0 Å². The van der Waals surface area contributed by atoms with Gasteiger partial charge in [0.2, 0.25) is 0 Å². The fourth-order valence-corrected chi connectivity index (χ4v) is 1.85. The van der Waals surface area contributed by atoms with E-state index in [9.17, 15) is 4.79 Å². The van der Waals surface area contributed by atoms with Gasteiger partial charge < -0.3 is 4.42 Å². The zero-order valence-electron chi connectivity index (χ0n) is 9.79. The second-order valence-electron chi connectivity index (χ2n) is 3.93. The van der Waals surface area contributed by atoms with Crippen LogP contribution in [0, 0.1) is 0 Å². The average Bonchev–Trinajstić information content (AvgIpc) is 3.10. The molecule has 1 aromatic carbocycles. The van der Waals surface area contributed by atoms with Gasteiger partial charge in [-0.1, -0.05) is 11.6 Å². The first-order valence-electron chi connectivity index (χ1n) is 5.64. The second-order valence-corrected chi connectivity index (χ2v) is 4.36. The van der Waals surface area contributed by atoms with Crippen LogP contribution in [-0.4, -0.2) is 15.7 Å². The number of nitrogens with zero attached hydrogens (tertiary/aromatic N) is 2. The third-order valence-electron chi connectivity index (χ3n) is 2.66. The van der Waals surface area contributed by atoms with Crippen molar-refractivity contribution in [1.29, 1.82) is 0 Å². The Morgan fingerprint density at radius 2 is 1.95 bits per heavy atom. The number of hydrogen-bond donors (Lipinski definition) is 0. The molecule has 0 bridgehead atoms. The molecule has 0 unspecified atom stereocenters. The Balaban J connectivity index is 1.91. The highest BCUT2D eigenvalue weighted by atomic mass is 35.5. The van der Waals surface area contributed by atoms with E-state index in [0.717, 1.165) is 5.56 Å². The predicted molar refractivity (Wildman–Crippen MR) is 71.1 cm³/mol. The van der Waals surface area contributed by atoms with Gasteiger partial charge in [-0.15, -0.1) is 0 Å². The van der Waals surface area contributed by atoms with Crippen LogP contribution in [-0.2, 0) is 0 Å². The minimum atomic E-state index is -0.301. The fourth-order valence-electron chi connectivity index (χ4n) is 1.72. The summed E-state index contributed by atoms with van der Waals surface area (Å²) >= 11 is 5.83. The normalized spacial score (nSPS) is 10.6. The van der Waals surface area contributed by atoms with Crippen molar-refractivity contribution in [3.63, 3.8) is 0 Å². The van der Waals surface area contributed by atoms with Crippen molar-refractivity contribution in [2.75, 3.05) is 0 Å². The minimum absolute atomic E-state index is 0.244. The highest BCUT2D eigenvalue weighted by molar-refractivity contribution is 6.30. The Kier molecular flexibility index (Phi) is 2.93. The highest BCUT2D eigenvalue weighted by Crippen LogP contribution is 2.24. The molecular formula is C14H9ClN2O2. The Bertz CT molecular complexity index is 699. The molecule has 0 aliphatic rings. The molecule has 4 nitrogen and oxygen atoms in total. The summed E-state index contributed by atoms with van der Waals surface area (Å²) in [5.41, 5.74) is 0.865. The summed E-state index contributed by atoms with van der Waals surface area (Å²) in [7, 11) is 0. The lowest BCUT2D eigenvalue weighted by atomic mass is 10.2. The summed E-state index contributed by atoms with van der Waals surface area (Å²) in [6, 6.07) is 12.3. The Labute approximate surface area is 114 Å². The molecule has 0 saturated carbocycles. The van der Waals surface area contributed by atoms with E-state index in [1.165, 1.54) is 4.68 Å². The molecule has 0 fully saturated rings. The van der Waals surface area contributed by atoms with Crippen LogP contribution < -0.4 is 0 Å². The quantitative estimate of drug-likeness (QED) is 0.717. The first-order valence-corrected chi connectivity index (χ1v) is 6.02. The number of carbonyl (C=O) groups excluding carboxylic acids is 1. The van der Waals surface area contributed by atoms with Gasteiger partial charge in [0.1, 0.15) is 5.76 Å². The van der Waals surface area contributed by atoms with E-state index < -0.39 is 0 Å². The van der Waals surface area contributed by atoms with E-state index in [1.54, 1.807) is 42.7 Å². The summed E-state index contributed by atoms with van der Waals surface area (Å²) in [4.78, 5) is 12.0. The lowest BCUT2D eigenvalue weighted by Crippen LogP contribution is -2.11. The predicted octanol–water partition coefficient (Wildman–Crippen LogP) is 3.49. The number of benzene rings is 1. The largest absolute Gasteiger partial charge is 0.451 e. The molecular weight excluding hydrogens is 264 g/mol. The smallest absolute Gasteiger partial charge is 0.313 e. The number of rotatable bonds is 2. The van der Waals surface area contributed by atoms with Crippen molar-refractivity contribution >= 4 is 17.5 Å². The number of aromatic nitrogens is 2. The molecule has 0 amide bonds. The van der Waals surface area contributed by atoms with Crippen LogP contribution in [0.25, 0.3) is 11.3 Å². The maximum atomic E-state index is 12.0. The average molecular weight is 273 g/mol. The third-order valence-corrected chi connectivity index (χ3v) is 2.91. The maximum absolute atomic E-state index is 12.0. The molecule has 3 aromatic rings. The van der Waals surface area contributed by atoms with Crippen LogP contribution in [0.2, 0.25) is 5.02 Å². The first-order chi connectivity index (χ1) is 9.24. The van der Waals surface area contributed by atoms with Crippen molar-refractivity contribution in [3.05, 3.63) is 65.6 Å². The number of hydrogen-bond acceptors (Lipinski definition) is 3. The standard InChI is InChI=1S/C14H9ClN2O2/c15-11-4-2-10(3-5-11)12-6-7-13(19-12)14(18)17-9-1-8-16-17/h1-9H. The monoisotopic (exact) mass is 272 g/mol. The Morgan fingerprint density at radius 1 is 1.16 bits per heavy atom. The number of halogens is 1. The Hall–Kier alpha value is -2.33. The third kappa shape index (κ3) is 2.30. The van der Waals surface area contributed by atoms with Gasteiger partial charge in [0.25, 0.3) is 0 Å². The molecule has 0 saturated heterocycles. The Morgan fingerprint density at radius 3 is 2.63 bits per heavy atom. The minimum Gasteiger partial charge on any atom is -0.451 e. The van der Waals surface area contributed by atoms with Crippen LogP contribution in [0.4, 0.5) is 0 Å². The van der Waals surface area contributed by atoms with Gasteiger partial charge >= 0.3 is 5.91 Å². The lowest BCUT2D eigenvalue weighted by molar-refractivity contribution is 0.0918. The van der Waals surface area contributed by atoms with Gasteiger partial charge in [-0.05, 0) is 42.5 Å². The van der Waals surface area contributed by atoms with E-state index in [-0.39, 0.29) is 11.7 Å². The maximum Gasteiger partial charge on any atom is 0.313 e. The van der Waals surface area contributed by atoms with Gasteiger partial charge in [-0.25, -0.2) is 4.68 Å². The number of furan rings is 1. The van der Waals surface area contributed by atoms with Crippen LogP contribution in [0.1, 0.15) is 10.6 Å². The summed E-state index contributed by atoms with van der Waals surface area (Å²) < 4.78 is 6.77. The zero-order valence-corrected chi connectivity index (χ0v) is 10.5. The molecule has 2 aromatic heterocycles. The fraction of sp³-hybridized carbons (Fsp3) is 0. The summed E-state index contributed by atoms with van der Waals surface area (Å²) in [6.45, 7) is 0. The van der Waals surface area contributed by atoms with E-state index in [0.29, 0.717) is 10.8 Å². The van der Waals surface area contributed by atoms with E-state index in [1.807, 2.05) is 12.1 Å². The highest BCUT2D eigenvalue weighted by Gasteiger charge is 2.14. The topological polar surface area (TPSA) is 48.0 Å². The molecule has 0 radical (unpaired) electrons. The molecule has 0 aliphatic heterocycles. The lowest BCUT2D eigenvalue weighted by Gasteiger charge is -1.98. The molecule has 0 N–H and O–H groups in total. The van der Waals surface area contributed by atoms with Crippen LogP contribution in [0.15, 0.2) is 59.3 Å². The van der Waals surface area contributed by atoms with Crippen LogP contribution in [0.5, 0.6) is 0 Å².